The van der Waals surface area contributed by atoms with E-state index in [1.807, 2.05) is 6.92 Å². The first-order valence-electron chi connectivity index (χ1n) is 3.82. The second kappa shape index (κ2) is 5.29. The fourth-order valence-electron chi connectivity index (χ4n) is 0.612. The molecule has 1 aromatic heterocycles. The predicted octanol–water partition coefficient (Wildman–Crippen LogP) is 1.87. The predicted molar refractivity (Wildman–Crippen MR) is 53.2 cm³/mol. The second-order valence-electron chi connectivity index (χ2n) is 2.39. The number of esters is 1. The number of carbonyl (C=O) groups is 1. The Balaban J connectivity index is 2.35. The summed E-state index contributed by atoms with van der Waals surface area (Å²) < 4.78 is 8.55. The first-order valence-corrected chi connectivity index (χ1v) is 5.51. The molecule has 0 N–H and O–H groups in total. The molecule has 6 heteroatoms. The van der Waals surface area contributed by atoms with Gasteiger partial charge in [0.2, 0.25) is 0 Å². The number of halogens is 1. The summed E-state index contributed by atoms with van der Waals surface area (Å²) in [6.45, 7) is 2.40. The Labute approximate surface area is 88.6 Å². The van der Waals surface area contributed by atoms with Gasteiger partial charge in [-0.1, -0.05) is 27.3 Å². The minimum Gasteiger partial charge on any atom is -0.460 e. The summed E-state index contributed by atoms with van der Waals surface area (Å²) in [6, 6.07) is 0. The Morgan fingerprint density at radius 1 is 1.85 bits per heavy atom. The summed E-state index contributed by atoms with van der Waals surface area (Å²) in [7, 11) is 0. The van der Waals surface area contributed by atoms with Crippen LogP contribution in [0.25, 0.3) is 0 Å². The highest BCUT2D eigenvalue weighted by atomic mass is 79.9. The first kappa shape index (κ1) is 10.6. The van der Waals surface area contributed by atoms with Gasteiger partial charge < -0.3 is 4.74 Å². The van der Waals surface area contributed by atoms with E-state index >= 15 is 0 Å². The molecule has 1 unspecified atom stereocenters. The van der Waals surface area contributed by atoms with Crippen LogP contribution in [-0.2, 0) is 4.74 Å². The highest BCUT2D eigenvalue weighted by Gasteiger charge is 2.11. The van der Waals surface area contributed by atoms with Crippen molar-refractivity contribution >= 4 is 33.4 Å². The first-order chi connectivity index (χ1) is 6.24. The normalized spacial score (nSPS) is 12.5. The van der Waals surface area contributed by atoms with Crippen LogP contribution < -0.4 is 0 Å². The Morgan fingerprint density at radius 3 is 3.15 bits per heavy atom. The number of hydrogen-bond donors (Lipinski definition) is 0. The number of aromatic nitrogens is 2. The van der Waals surface area contributed by atoms with Gasteiger partial charge in [0.15, 0.2) is 4.88 Å². The number of carbonyl (C=O) groups excluding carboxylic acids is 1. The zero-order valence-corrected chi connectivity index (χ0v) is 9.47. The zero-order chi connectivity index (χ0) is 9.68. The van der Waals surface area contributed by atoms with Gasteiger partial charge >= 0.3 is 5.97 Å². The van der Waals surface area contributed by atoms with Gasteiger partial charge in [-0.05, 0) is 18.0 Å². The summed E-state index contributed by atoms with van der Waals surface area (Å²) in [5, 5.41) is 3.55. The molecule has 4 nitrogen and oxygen atoms in total. The Hall–Kier alpha value is -0.490. The SMILES string of the molecule is CCC(Br)COC(=O)c1cnns1. The largest absolute Gasteiger partial charge is 0.460 e. The van der Waals surface area contributed by atoms with E-state index in [0.717, 1.165) is 18.0 Å². The maximum Gasteiger partial charge on any atom is 0.351 e. The van der Waals surface area contributed by atoms with Crippen molar-refractivity contribution in [2.75, 3.05) is 6.61 Å². The molecule has 0 aliphatic rings. The number of nitrogens with zero attached hydrogens (tertiary/aromatic N) is 2. The molecular weight excluding hydrogens is 256 g/mol. The standard InChI is InChI=1S/C7H9BrN2O2S/c1-2-5(8)4-12-7(11)6-3-9-10-13-6/h3,5H,2,4H2,1H3. The molecule has 0 saturated carbocycles. The lowest BCUT2D eigenvalue weighted by Gasteiger charge is -2.06. The third-order valence-electron chi connectivity index (χ3n) is 1.40. The minimum atomic E-state index is -0.354. The highest BCUT2D eigenvalue weighted by molar-refractivity contribution is 9.09. The lowest BCUT2D eigenvalue weighted by molar-refractivity contribution is 0.0513. The van der Waals surface area contributed by atoms with Crippen LogP contribution in [0.1, 0.15) is 23.0 Å². The van der Waals surface area contributed by atoms with Crippen molar-refractivity contribution in [2.24, 2.45) is 0 Å². The van der Waals surface area contributed by atoms with E-state index in [-0.39, 0.29) is 10.8 Å². The van der Waals surface area contributed by atoms with Crippen molar-refractivity contribution in [3.63, 3.8) is 0 Å². The van der Waals surface area contributed by atoms with E-state index in [2.05, 4.69) is 25.5 Å². The molecule has 0 fully saturated rings. The van der Waals surface area contributed by atoms with E-state index in [0.29, 0.717) is 11.5 Å². The smallest absolute Gasteiger partial charge is 0.351 e. The molecule has 0 amide bonds. The van der Waals surface area contributed by atoms with Crippen molar-refractivity contribution in [2.45, 2.75) is 18.2 Å². The Morgan fingerprint density at radius 2 is 2.62 bits per heavy atom. The molecule has 1 rings (SSSR count). The molecule has 0 bridgehead atoms. The summed E-state index contributed by atoms with van der Waals surface area (Å²) in [5.41, 5.74) is 0. The lowest BCUT2D eigenvalue weighted by atomic mass is 10.4. The molecule has 0 radical (unpaired) electrons. The molecule has 1 aromatic rings. The minimum absolute atomic E-state index is 0.220. The molecule has 0 aliphatic heterocycles. The quantitative estimate of drug-likeness (QED) is 0.616. The zero-order valence-electron chi connectivity index (χ0n) is 7.07. The van der Waals surface area contributed by atoms with Gasteiger partial charge in [0.1, 0.15) is 6.61 Å². The van der Waals surface area contributed by atoms with Crippen molar-refractivity contribution in [3.05, 3.63) is 11.1 Å². The van der Waals surface area contributed by atoms with Gasteiger partial charge in [-0.3, -0.25) is 0 Å². The lowest BCUT2D eigenvalue weighted by Crippen LogP contribution is -2.12. The van der Waals surface area contributed by atoms with Crippen LogP contribution in [0.15, 0.2) is 6.20 Å². The van der Waals surface area contributed by atoms with Gasteiger partial charge in [-0.15, -0.1) is 5.10 Å². The fourth-order valence-corrected chi connectivity index (χ4v) is 1.15. The molecule has 0 aliphatic carbocycles. The van der Waals surface area contributed by atoms with Gasteiger partial charge in [-0.25, -0.2) is 4.79 Å². The number of hydrogen-bond acceptors (Lipinski definition) is 5. The van der Waals surface area contributed by atoms with Crippen LogP contribution in [0.2, 0.25) is 0 Å². The number of ether oxygens (including phenoxy) is 1. The monoisotopic (exact) mass is 264 g/mol. The molecule has 13 heavy (non-hydrogen) atoms. The van der Waals surface area contributed by atoms with Gasteiger partial charge in [0, 0.05) is 4.83 Å². The number of alkyl halides is 1. The second-order valence-corrected chi connectivity index (χ2v) is 4.47. The average molecular weight is 265 g/mol. The van der Waals surface area contributed by atoms with E-state index in [9.17, 15) is 4.79 Å². The summed E-state index contributed by atoms with van der Waals surface area (Å²) in [4.78, 5) is 11.9. The maximum absolute atomic E-state index is 11.2. The number of rotatable bonds is 4. The molecular formula is C7H9BrN2O2S. The fraction of sp³-hybridized carbons (Fsp3) is 0.571. The van der Waals surface area contributed by atoms with Crippen LogP contribution >= 0.6 is 27.5 Å². The summed E-state index contributed by atoms with van der Waals surface area (Å²) in [6.07, 6.45) is 2.33. The molecule has 72 valence electrons. The molecule has 0 saturated heterocycles. The summed E-state index contributed by atoms with van der Waals surface area (Å²) >= 11 is 4.40. The Bertz CT molecular complexity index is 265. The molecule has 1 heterocycles. The van der Waals surface area contributed by atoms with Gasteiger partial charge in [0.05, 0.1) is 6.20 Å². The van der Waals surface area contributed by atoms with E-state index < -0.39 is 0 Å². The van der Waals surface area contributed by atoms with Crippen LogP contribution in [0.5, 0.6) is 0 Å². The van der Waals surface area contributed by atoms with Crippen molar-refractivity contribution in [1.82, 2.24) is 9.59 Å². The van der Waals surface area contributed by atoms with E-state index in [1.54, 1.807) is 0 Å². The highest BCUT2D eigenvalue weighted by Crippen LogP contribution is 2.08. The average Bonchev–Trinajstić information content (AvgIpc) is 2.66. The van der Waals surface area contributed by atoms with Crippen molar-refractivity contribution in [3.8, 4) is 0 Å². The van der Waals surface area contributed by atoms with Gasteiger partial charge in [0.25, 0.3) is 0 Å². The van der Waals surface area contributed by atoms with Crippen LogP contribution in [0, 0.1) is 0 Å². The van der Waals surface area contributed by atoms with E-state index in [4.69, 9.17) is 4.74 Å². The van der Waals surface area contributed by atoms with Crippen molar-refractivity contribution < 1.29 is 9.53 Å². The van der Waals surface area contributed by atoms with Crippen LogP contribution in [0.3, 0.4) is 0 Å². The third kappa shape index (κ3) is 3.40. The third-order valence-corrected chi connectivity index (χ3v) is 2.96. The molecule has 0 aromatic carbocycles. The van der Waals surface area contributed by atoms with Crippen molar-refractivity contribution in [1.29, 1.82) is 0 Å². The molecule has 0 spiro atoms. The van der Waals surface area contributed by atoms with E-state index in [1.165, 1.54) is 6.20 Å². The maximum atomic E-state index is 11.2. The Kier molecular flexibility index (Phi) is 4.31. The topological polar surface area (TPSA) is 52.1 Å². The van der Waals surface area contributed by atoms with Crippen LogP contribution in [-0.4, -0.2) is 27.0 Å². The van der Waals surface area contributed by atoms with Gasteiger partial charge in [-0.2, -0.15) is 0 Å². The van der Waals surface area contributed by atoms with Crippen LogP contribution in [0.4, 0.5) is 0 Å². The molecule has 1 atom stereocenters. The summed E-state index contributed by atoms with van der Waals surface area (Å²) in [5.74, 6) is -0.354.